The molecular weight excluding hydrogens is 328 g/mol. The van der Waals surface area contributed by atoms with Crippen molar-refractivity contribution in [2.75, 3.05) is 19.9 Å². The van der Waals surface area contributed by atoms with Crippen LogP contribution in [0.2, 0.25) is 0 Å². The summed E-state index contributed by atoms with van der Waals surface area (Å²) >= 11 is 0. The molecular formula is C21H32N2O3. The van der Waals surface area contributed by atoms with Gasteiger partial charge in [0.2, 0.25) is 5.91 Å². The van der Waals surface area contributed by atoms with Gasteiger partial charge in [0.15, 0.2) is 0 Å². The summed E-state index contributed by atoms with van der Waals surface area (Å²) in [6.45, 7) is 7.40. The van der Waals surface area contributed by atoms with Gasteiger partial charge in [0.05, 0.1) is 12.8 Å². The lowest BCUT2D eigenvalue weighted by Gasteiger charge is -2.22. The highest BCUT2D eigenvalue weighted by molar-refractivity contribution is 5.79. The van der Waals surface area contributed by atoms with Gasteiger partial charge in [-0.25, -0.2) is 0 Å². The van der Waals surface area contributed by atoms with Crippen LogP contribution < -0.4 is 5.73 Å². The van der Waals surface area contributed by atoms with Crippen molar-refractivity contribution in [1.82, 2.24) is 4.90 Å². The number of aromatic hydroxyl groups is 1. The normalized spacial score (nSPS) is 16.6. The Bertz CT molecular complexity index is 572. The summed E-state index contributed by atoms with van der Waals surface area (Å²) in [6, 6.07) is 7.50. The Labute approximate surface area is 157 Å². The van der Waals surface area contributed by atoms with Crippen LogP contribution in [0, 0.1) is 0 Å². The molecule has 1 aliphatic rings. The number of amides is 1. The maximum Gasteiger partial charge on any atom is 0.223 e. The lowest BCUT2D eigenvalue weighted by molar-refractivity contribution is -0.128. The minimum atomic E-state index is 0.280. The first kappa shape index (κ1) is 21.9. The van der Waals surface area contributed by atoms with Crippen LogP contribution in [0.3, 0.4) is 0 Å². The number of hydrogen-bond acceptors (Lipinski definition) is 4. The van der Waals surface area contributed by atoms with E-state index < -0.39 is 0 Å². The van der Waals surface area contributed by atoms with Crippen LogP contribution in [0.25, 0.3) is 0 Å². The van der Waals surface area contributed by atoms with Crippen molar-refractivity contribution < 1.29 is 14.6 Å². The predicted octanol–water partition coefficient (Wildman–Crippen LogP) is 3.39. The summed E-state index contributed by atoms with van der Waals surface area (Å²) in [5, 5.41) is 9.01. The number of likely N-dealkylation sites (tertiary alicyclic amines) is 1. The molecule has 1 aliphatic heterocycles. The molecule has 1 atom stereocenters. The lowest BCUT2D eigenvalue weighted by atomic mass is 10.1. The summed E-state index contributed by atoms with van der Waals surface area (Å²) in [4.78, 5) is 13.6. The average molecular weight is 360 g/mol. The van der Waals surface area contributed by atoms with E-state index in [1.165, 1.54) is 0 Å². The minimum Gasteiger partial charge on any atom is -0.508 e. The van der Waals surface area contributed by atoms with Crippen LogP contribution in [0.15, 0.2) is 49.1 Å². The molecule has 1 saturated heterocycles. The van der Waals surface area contributed by atoms with Gasteiger partial charge in [-0.15, -0.1) is 6.58 Å². The summed E-state index contributed by atoms with van der Waals surface area (Å²) < 4.78 is 5.06. The van der Waals surface area contributed by atoms with Gasteiger partial charge < -0.3 is 20.5 Å². The second kappa shape index (κ2) is 13.1. The quantitative estimate of drug-likeness (QED) is 0.402. The zero-order valence-corrected chi connectivity index (χ0v) is 15.8. The molecule has 26 heavy (non-hydrogen) atoms. The molecule has 0 aliphatic carbocycles. The number of nitrogens with zero attached hydrogens (tertiary/aromatic N) is 1. The number of unbranched alkanes of at least 4 members (excludes halogenated alkanes) is 1. The topological polar surface area (TPSA) is 75.8 Å². The van der Waals surface area contributed by atoms with Crippen LogP contribution >= 0.6 is 0 Å². The molecule has 0 aromatic heterocycles. The van der Waals surface area contributed by atoms with Crippen molar-refractivity contribution in [3.05, 3.63) is 54.6 Å². The Kier molecular flexibility index (Phi) is 11.1. The third kappa shape index (κ3) is 8.32. The third-order valence-electron chi connectivity index (χ3n) is 4.14. The van der Waals surface area contributed by atoms with Crippen molar-refractivity contribution in [1.29, 1.82) is 0 Å². The van der Waals surface area contributed by atoms with E-state index in [0.29, 0.717) is 24.8 Å². The summed E-state index contributed by atoms with van der Waals surface area (Å²) in [5.74, 6) is 0.599. The zero-order valence-electron chi connectivity index (χ0n) is 15.8. The molecule has 1 unspecified atom stereocenters. The van der Waals surface area contributed by atoms with Gasteiger partial charge in [-0.2, -0.15) is 0 Å². The van der Waals surface area contributed by atoms with Gasteiger partial charge in [0.25, 0.3) is 0 Å². The fourth-order valence-electron chi connectivity index (χ4n) is 2.89. The Morgan fingerprint density at radius 3 is 2.88 bits per heavy atom. The largest absolute Gasteiger partial charge is 0.508 e. The summed E-state index contributed by atoms with van der Waals surface area (Å²) in [5.41, 5.74) is 6.31. The predicted molar refractivity (Wildman–Crippen MR) is 106 cm³/mol. The van der Waals surface area contributed by atoms with E-state index in [2.05, 4.69) is 12.7 Å². The molecule has 5 heteroatoms. The molecule has 2 rings (SSSR count). The maximum atomic E-state index is 11.6. The Balaban J connectivity index is 0.000000289. The smallest absolute Gasteiger partial charge is 0.223 e. The molecule has 1 heterocycles. The number of carbonyl (C=O) groups excluding carboxylic acids is 1. The third-order valence-corrected chi connectivity index (χ3v) is 4.14. The molecule has 1 aromatic carbocycles. The fourth-order valence-corrected chi connectivity index (χ4v) is 2.89. The van der Waals surface area contributed by atoms with Gasteiger partial charge in [-0.1, -0.05) is 30.4 Å². The van der Waals surface area contributed by atoms with E-state index >= 15 is 0 Å². The number of carbonyl (C=O) groups is 1. The van der Waals surface area contributed by atoms with Crippen molar-refractivity contribution in [3.8, 4) is 5.75 Å². The Morgan fingerprint density at radius 1 is 1.42 bits per heavy atom. The Hall–Kier alpha value is -2.11. The molecule has 5 nitrogen and oxygen atoms in total. The standard InChI is InChI=1S/C12H22N2O2.C9H10O/c1-2-5-11-6-7-12(15)14(11)8-3-4-9-16-10-13;1-2-4-8-5-3-6-9(10)7-8/h2,5,11H,3-4,6-10,13H2,1H3;2-3,5-7,10H,1,4H2/b5-2+;. The molecule has 1 aromatic rings. The van der Waals surface area contributed by atoms with Crippen LogP contribution in [-0.2, 0) is 16.0 Å². The average Bonchev–Trinajstić information content (AvgIpc) is 2.96. The number of rotatable bonds is 9. The van der Waals surface area contributed by atoms with Crippen molar-refractivity contribution in [2.45, 2.75) is 45.1 Å². The monoisotopic (exact) mass is 360 g/mol. The number of phenols is 1. The number of benzene rings is 1. The van der Waals surface area contributed by atoms with Crippen molar-refractivity contribution in [2.24, 2.45) is 5.73 Å². The number of phenolic OH excluding ortho intramolecular Hbond substituents is 1. The molecule has 0 spiro atoms. The van der Waals surface area contributed by atoms with Gasteiger partial charge in [0, 0.05) is 19.6 Å². The molecule has 0 bridgehead atoms. The van der Waals surface area contributed by atoms with Crippen LogP contribution in [0.5, 0.6) is 5.75 Å². The molecule has 0 saturated carbocycles. The van der Waals surface area contributed by atoms with Gasteiger partial charge in [0.1, 0.15) is 5.75 Å². The highest BCUT2D eigenvalue weighted by Gasteiger charge is 2.27. The first-order valence-corrected chi connectivity index (χ1v) is 9.21. The molecule has 144 valence electrons. The molecule has 1 fully saturated rings. The summed E-state index contributed by atoms with van der Waals surface area (Å²) in [7, 11) is 0. The molecule has 3 N–H and O–H groups in total. The summed E-state index contributed by atoms with van der Waals surface area (Å²) in [6.07, 6.45) is 10.4. The van der Waals surface area contributed by atoms with E-state index in [9.17, 15) is 4.79 Å². The Morgan fingerprint density at radius 2 is 2.23 bits per heavy atom. The molecule has 1 amide bonds. The van der Waals surface area contributed by atoms with Gasteiger partial charge >= 0.3 is 0 Å². The van der Waals surface area contributed by atoms with Gasteiger partial charge in [-0.3, -0.25) is 4.79 Å². The highest BCUT2D eigenvalue weighted by atomic mass is 16.5. The van der Waals surface area contributed by atoms with Crippen molar-refractivity contribution >= 4 is 5.91 Å². The number of ether oxygens (including phenoxy) is 1. The van der Waals surface area contributed by atoms with E-state index in [1.54, 1.807) is 12.1 Å². The fraction of sp³-hybridized carbons (Fsp3) is 0.476. The van der Waals surface area contributed by atoms with Gasteiger partial charge in [-0.05, 0) is 50.3 Å². The SMILES string of the molecule is C/C=C/C1CCC(=O)N1CCCCOCN.C=CCc1cccc(O)c1. The number of nitrogens with two attached hydrogens (primary N) is 1. The maximum absolute atomic E-state index is 11.6. The number of allylic oxidation sites excluding steroid dienone is 2. The second-order valence-corrected chi connectivity index (χ2v) is 6.16. The first-order valence-electron chi connectivity index (χ1n) is 9.21. The van der Waals surface area contributed by atoms with Crippen LogP contribution in [0.1, 0.15) is 38.2 Å². The van der Waals surface area contributed by atoms with E-state index in [0.717, 1.165) is 37.8 Å². The highest BCUT2D eigenvalue weighted by Crippen LogP contribution is 2.20. The second-order valence-electron chi connectivity index (χ2n) is 6.16. The number of hydrogen-bond donors (Lipinski definition) is 2. The van der Waals surface area contributed by atoms with E-state index in [-0.39, 0.29) is 12.6 Å². The lowest BCUT2D eigenvalue weighted by Crippen LogP contribution is -2.32. The van der Waals surface area contributed by atoms with Crippen molar-refractivity contribution in [3.63, 3.8) is 0 Å². The molecule has 0 radical (unpaired) electrons. The zero-order chi connectivity index (χ0) is 19.2. The first-order chi connectivity index (χ1) is 12.6. The van der Waals surface area contributed by atoms with E-state index in [4.69, 9.17) is 15.6 Å². The van der Waals surface area contributed by atoms with Crippen LogP contribution in [0.4, 0.5) is 0 Å². The van der Waals surface area contributed by atoms with Crippen LogP contribution in [-0.4, -0.2) is 41.8 Å². The van der Waals surface area contributed by atoms with E-state index in [1.807, 2.05) is 36.1 Å². The minimum absolute atomic E-state index is 0.280.